The van der Waals surface area contributed by atoms with Crippen molar-refractivity contribution in [3.63, 3.8) is 0 Å². The second-order valence-corrected chi connectivity index (χ2v) is 6.19. The van der Waals surface area contributed by atoms with Crippen molar-refractivity contribution in [3.8, 4) is 0 Å². The predicted octanol–water partition coefficient (Wildman–Crippen LogP) is 2.27. The van der Waals surface area contributed by atoms with Crippen LogP contribution < -0.4 is 5.32 Å². The standard InChI is InChI=1S/C15H28N2O/c1-3-13-6-8-17(11-13)15(18)9-12(2)14-5-4-7-16-10-14/h12-14,16H,3-11H2,1-2H3. The normalized spacial score (nSPS) is 30.4. The summed E-state index contributed by atoms with van der Waals surface area (Å²) in [5.41, 5.74) is 0. The maximum atomic E-state index is 12.3. The molecule has 0 aromatic carbocycles. The number of hydrogen-bond donors (Lipinski definition) is 1. The van der Waals surface area contributed by atoms with E-state index in [9.17, 15) is 4.79 Å². The summed E-state index contributed by atoms with van der Waals surface area (Å²) in [6.07, 6.45) is 5.74. The van der Waals surface area contributed by atoms with Gasteiger partial charge in [0.1, 0.15) is 0 Å². The van der Waals surface area contributed by atoms with E-state index in [1.54, 1.807) is 0 Å². The second-order valence-electron chi connectivity index (χ2n) is 6.19. The van der Waals surface area contributed by atoms with Crippen LogP contribution in [0.4, 0.5) is 0 Å². The molecule has 0 radical (unpaired) electrons. The minimum Gasteiger partial charge on any atom is -0.342 e. The molecule has 1 N–H and O–H groups in total. The number of likely N-dealkylation sites (tertiary alicyclic amines) is 1. The van der Waals surface area contributed by atoms with Crippen molar-refractivity contribution >= 4 is 5.91 Å². The molecular weight excluding hydrogens is 224 g/mol. The Bertz CT molecular complexity index is 274. The number of nitrogens with one attached hydrogen (secondary N) is 1. The van der Waals surface area contributed by atoms with Gasteiger partial charge in [-0.1, -0.05) is 20.3 Å². The van der Waals surface area contributed by atoms with Gasteiger partial charge < -0.3 is 10.2 Å². The van der Waals surface area contributed by atoms with E-state index in [1.807, 2.05) is 0 Å². The third kappa shape index (κ3) is 3.47. The summed E-state index contributed by atoms with van der Waals surface area (Å²) in [4.78, 5) is 14.4. The molecule has 104 valence electrons. The highest BCUT2D eigenvalue weighted by Crippen LogP contribution is 2.25. The highest BCUT2D eigenvalue weighted by molar-refractivity contribution is 5.76. The molecule has 3 atom stereocenters. The van der Waals surface area contributed by atoms with Crippen LogP contribution in [0.3, 0.4) is 0 Å². The molecule has 2 saturated heterocycles. The number of rotatable bonds is 4. The fourth-order valence-corrected chi connectivity index (χ4v) is 3.33. The van der Waals surface area contributed by atoms with Crippen LogP contribution in [0.5, 0.6) is 0 Å². The molecule has 1 amide bonds. The van der Waals surface area contributed by atoms with Crippen molar-refractivity contribution in [1.29, 1.82) is 0 Å². The lowest BCUT2D eigenvalue weighted by molar-refractivity contribution is -0.131. The average molecular weight is 252 g/mol. The van der Waals surface area contributed by atoms with E-state index in [4.69, 9.17) is 0 Å². The molecule has 3 unspecified atom stereocenters. The van der Waals surface area contributed by atoms with Crippen molar-refractivity contribution in [2.24, 2.45) is 17.8 Å². The predicted molar refractivity (Wildman–Crippen MR) is 74.4 cm³/mol. The fraction of sp³-hybridized carbons (Fsp3) is 0.933. The molecule has 2 heterocycles. The Morgan fingerprint density at radius 3 is 2.89 bits per heavy atom. The Labute approximate surface area is 111 Å². The zero-order chi connectivity index (χ0) is 13.0. The zero-order valence-electron chi connectivity index (χ0n) is 12.0. The van der Waals surface area contributed by atoms with Gasteiger partial charge in [-0.15, -0.1) is 0 Å². The Morgan fingerprint density at radius 2 is 2.28 bits per heavy atom. The van der Waals surface area contributed by atoms with E-state index in [-0.39, 0.29) is 0 Å². The van der Waals surface area contributed by atoms with Crippen LogP contribution in [-0.2, 0) is 4.79 Å². The SMILES string of the molecule is CCC1CCN(C(=O)CC(C)C2CCCNC2)C1. The highest BCUT2D eigenvalue weighted by Gasteiger charge is 2.28. The van der Waals surface area contributed by atoms with Crippen molar-refractivity contribution in [1.82, 2.24) is 10.2 Å². The van der Waals surface area contributed by atoms with E-state index in [0.717, 1.165) is 38.5 Å². The summed E-state index contributed by atoms with van der Waals surface area (Å²) >= 11 is 0. The van der Waals surface area contributed by atoms with Gasteiger partial charge in [-0.25, -0.2) is 0 Å². The maximum Gasteiger partial charge on any atom is 0.222 e. The van der Waals surface area contributed by atoms with Gasteiger partial charge in [-0.3, -0.25) is 4.79 Å². The van der Waals surface area contributed by atoms with Crippen LogP contribution in [0.15, 0.2) is 0 Å². The zero-order valence-corrected chi connectivity index (χ0v) is 12.0. The molecule has 2 aliphatic heterocycles. The van der Waals surface area contributed by atoms with E-state index in [2.05, 4.69) is 24.1 Å². The van der Waals surface area contributed by atoms with Gasteiger partial charge >= 0.3 is 0 Å². The Hall–Kier alpha value is -0.570. The van der Waals surface area contributed by atoms with Gasteiger partial charge in [0.15, 0.2) is 0 Å². The molecule has 0 saturated carbocycles. The molecule has 0 aromatic heterocycles. The van der Waals surface area contributed by atoms with Crippen LogP contribution in [-0.4, -0.2) is 37.0 Å². The minimum atomic E-state index is 0.393. The third-order valence-corrected chi connectivity index (χ3v) is 4.85. The van der Waals surface area contributed by atoms with E-state index < -0.39 is 0 Å². The quantitative estimate of drug-likeness (QED) is 0.832. The molecule has 2 aliphatic rings. The monoisotopic (exact) mass is 252 g/mol. The van der Waals surface area contributed by atoms with Crippen molar-refractivity contribution < 1.29 is 4.79 Å². The van der Waals surface area contributed by atoms with E-state index >= 15 is 0 Å². The molecule has 2 rings (SSSR count). The van der Waals surface area contributed by atoms with E-state index in [1.165, 1.54) is 25.7 Å². The largest absolute Gasteiger partial charge is 0.342 e. The summed E-state index contributed by atoms with van der Waals surface area (Å²) < 4.78 is 0. The summed E-state index contributed by atoms with van der Waals surface area (Å²) in [7, 11) is 0. The smallest absolute Gasteiger partial charge is 0.222 e. The minimum absolute atomic E-state index is 0.393. The molecule has 2 fully saturated rings. The molecule has 0 aliphatic carbocycles. The molecule has 3 nitrogen and oxygen atoms in total. The first kappa shape index (κ1) is 13.9. The number of carbonyl (C=O) groups is 1. The number of nitrogens with zero attached hydrogens (tertiary/aromatic N) is 1. The van der Waals surface area contributed by atoms with Gasteiger partial charge in [-0.2, -0.15) is 0 Å². The first-order valence-corrected chi connectivity index (χ1v) is 7.69. The first-order valence-electron chi connectivity index (χ1n) is 7.69. The van der Waals surface area contributed by atoms with Gasteiger partial charge in [0.2, 0.25) is 5.91 Å². The lowest BCUT2D eigenvalue weighted by Gasteiger charge is -2.29. The second kappa shape index (κ2) is 6.55. The molecular formula is C15H28N2O. The number of hydrogen-bond acceptors (Lipinski definition) is 2. The van der Waals surface area contributed by atoms with Gasteiger partial charge in [-0.05, 0) is 50.1 Å². The maximum absolute atomic E-state index is 12.3. The lowest BCUT2D eigenvalue weighted by Crippen LogP contribution is -2.36. The Morgan fingerprint density at radius 1 is 1.44 bits per heavy atom. The molecule has 0 bridgehead atoms. The van der Waals surface area contributed by atoms with Crippen molar-refractivity contribution in [2.45, 2.75) is 46.0 Å². The summed E-state index contributed by atoms with van der Waals surface area (Å²) in [5.74, 6) is 2.38. The molecule has 3 heteroatoms. The first-order chi connectivity index (χ1) is 8.70. The van der Waals surface area contributed by atoms with Crippen LogP contribution in [0, 0.1) is 17.8 Å². The van der Waals surface area contributed by atoms with Gasteiger partial charge in [0.25, 0.3) is 0 Å². The van der Waals surface area contributed by atoms with Crippen LogP contribution in [0.2, 0.25) is 0 Å². The lowest BCUT2D eigenvalue weighted by atomic mass is 9.85. The van der Waals surface area contributed by atoms with Gasteiger partial charge in [0, 0.05) is 19.5 Å². The van der Waals surface area contributed by atoms with Gasteiger partial charge in [0.05, 0.1) is 0 Å². The average Bonchev–Trinajstić information content (AvgIpc) is 2.88. The van der Waals surface area contributed by atoms with Crippen LogP contribution in [0.25, 0.3) is 0 Å². The van der Waals surface area contributed by atoms with Crippen LogP contribution in [0.1, 0.15) is 46.0 Å². The Kier molecular flexibility index (Phi) is 5.04. The molecule has 0 aromatic rings. The van der Waals surface area contributed by atoms with Crippen LogP contribution >= 0.6 is 0 Å². The summed E-state index contributed by atoms with van der Waals surface area (Å²) in [5, 5.41) is 3.45. The number of carbonyl (C=O) groups excluding carboxylic acids is 1. The topological polar surface area (TPSA) is 32.3 Å². The summed E-state index contributed by atoms with van der Waals surface area (Å²) in [6.45, 7) is 8.74. The Balaban J connectivity index is 1.76. The number of amides is 1. The summed E-state index contributed by atoms with van der Waals surface area (Å²) in [6, 6.07) is 0. The fourth-order valence-electron chi connectivity index (χ4n) is 3.33. The molecule has 18 heavy (non-hydrogen) atoms. The van der Waals surface area contributed by atoms with E-state index in [0.29, 0.717) is 17.7 Å². The third-order valence-electron chi connectivity index (χ3n) is 4.85. The number of piperidine rings is 1. The highest BCUT2D eigenvalue weighted by atomic mass is 16.2. The molecule has 0 spiro atoms. The van der Waals surface area contributed by atoms with Crippen molar-refractivity contribution in [3.05, 3.63) is 0 Å². The van der Waals surface area contributed by atoms with Crippen molar-refractivity contribution in [2.75, 3.05) is 26.2 Å².